The van der Waals surface area contributed by atoms with Gasteiger partial charge in [-0.1, -0.05) is 17.6 Å². The number of benzene rings is 1. The number of amides is 2. The van der Waals surface area contributed by atoms with Gasteiger partial charge in [-0.3, -0.25) is 14.7 Å². The lowest BCUT2D eigenvalue weighted by atomic mass is 9.93. The maximum atomic E-state index is 13.3. The Bertz CT molecular complexity index is 950. The number of carbonyl (C=O) groups is 2. The molecular formula is C21H24BN3O3. The molecule has 1 aromatic heterocycles. The average molecular weight is 377 g/mol. The fourth-order valence-corrected chi connectivity index (χ4v) is 3.85. The van der Waals surface area contributed by atoms with E-state index in [1.165, 1.54) is 0 Å². The summed E-state index contributed by atoms with van der Waals surface area (Å²) >= 11 is 0. The molecule has 4 rings (SSSR count). The molecule has 1 spiro atoms. The van der Waals surface area contributed by atoms with Crippen LogP contribution < -0.4 is 5.46 Å². The minimum absolute atomic E-state index is 0.0480. The molecule has 2 aliphatic rings. The molecule has 2 aromatic rings. The van der Waals surface area contributed by atoms with Crippen LogP contribution in [-0.4, -0.2) is 65.4 Å². The third-order valence-electron chi connectivity index (χ3n) is 5.38. The number of rotatable bonds is 1. The summed E-state index contributed by atoms with van der Waals surface area (Å²) in [6.45, 7) is 7.08. The van der Waals surface area contributed by atoms with Gasteiger partial charge in [-0.2, -0.15) is 0 Å². The first-order chi connectivity index (χ1) is 13.2. The summed E-state index contributed by atoms with van der Waals surface area (Å²) in [5.41, 5.74) is 1.11. The number of aromatic nitrogens is 1. The summed E-state index contributed by atoms with van der Waals surface area (Å²) in [6.07, 6.45) is 3.13. The maximum absolute atomic E-state index is 13.3. The second kappa shape index (κ2) is 6.50. The highest BCUT2D eigenvalue weighted by molar-refractivity contribution is 6.33. The zero-order valence-corrected chi connectivity index (χ0v) is 16.6. The summed E-state index contributed by atoms with van der Waals surface area (Å²) in [7, 11) is 5.92. The molecule has 6 nitrogen and oxygen atoms in total. The number of hydrogen-bond donors (Lipinski definition) is 0. The normalized spacial score (nSPS) is 18.4. The minimum Gasteiger partial charge on any atom is -0.444 e. The highest BCUT2D eigenvalue weighted by Gasteiger charge is 2.55. The lowest BCUT2D eigenvalue weighted by Gasteiger charge is -2.42. The monoisotopic (exact) mass is 377 g/mol. The minimum atomic E-state index is -0.532. The predicted molar refractivity (Wildman–Crippen MR) is 108 cm³/mol. The summed E-state index contributed by atoms with van der Waals surface area (Å²) in [5.74, 6) is -0.0480. The number of carbonyl (C=O) groups excluding carboxylic acids is 2. The molecule has 1 saturated heterocycles. The predicted octanol–water partition coefficient (Wildman–Crippen LogP) is 2.25. The van der Waals surface area contributed by atoms with Crippen molar-refractivity contribution in [3.05, 3.63) is 36.0 Å². The first-order valence-corrected chi connectivity index (χ1v) is 9.63. The molecule has 2 fully saturated rings. The molecule has 0 N–H and O–H groups in total. The van der Waals surface area contributed by atoms with Crippen LogP contribution in [0.15, 0.2) is 30.5 Å². The molecule has 144 valence electrons. The van der Waals surface area contributed by atoms with E-state index in [1.54, 1.807) is 24.4 Å². The van der Waals surface area contributed by atoms with Crippen LogP contribution in [0.4, 0.5) is 4.79 Å². The standard InChI is InChI=1S/C21H24BN3O3/c1-20(2,3)28-19(27)25-11-10-24(13-21(25)7-8-21)18(26)15-6-9-23-17-5-4-14(22)12-16(15)17/h4-6,9,12H,7-8,10-11,13H2,1-3H3. The molecule has 28 heavy (non-hydrogen) atoms. The van der Waals surface area contributed by atoms with Crippen molar-refractivity contribution >= 4 is 36.2 Å². The quantitative estimate of drug-likeness (QED) is 0.716. The smallest absolute Gasteiger partial charge is 0.410 e. The van der Waals surface area contributed by atoms with Gasteiger partial charge in [0.05, 0.1) is 16.6 Å². The van der Waals surface area contributed by atoms with Gasteiger partial charge in [0, 0.05) is 31.2 Å². The zero-order valence-electron chi connectivity index (χ0n) is 16.6. The Morgan fingerprint density at radius 1 is 1.18 bits per heavy atom. The van der Waals surface area contributed by atoms with E-state index in [0.717, 1.165) is 23.7 Å². The van der Waals surface area contributed by atoms with E-state index in [9.17, 15) is 9.59 Å². The Hall–Kier alpha value is -2.57. The molecule has 1 aromatic carbocycles. The average Bonchev–Trinajstić information content (AvgIpc) is 3.38. The van der Waals surface area contributed by atoms with Crippen molar-refractivity contribution in [1.82, 2.24) is 14.8 Å². The second-order valence-corrected chi connectivity index (χ2v) is 8.72. The van der Waals surface area contributed by atoms with Crippen LogP contribution in [0.2, 0.25) is 0 Å². The Labute approximate surface area is 166 Å². The number of fused-ring (bicyclic) bond motifs is 1. The zero-order chi connectivity index (χ0) is 20.1. The van der Waals surface area contributed by atoms with E-state index >= 15 is 0 Å². The van der Waals surface area contributed by atoms with Crippen LogP contribution in [0.1, 0.15) is 44.0 Å². The lowest BCUT2D eigenvalue weighted by molar-refractivity contribution is -0.00570. The van der Waals surface area contributed by atoms with Gasteiger partial charge in [-0.05, 0) is 45.7 Å². The van der Waals surface area contributed by atoms with Crippen LogP contribution in [-0.2, 0) is 4.74 Å². The molecular weight excluding hydrogens is 353 g/mol. The van der Waals surface area contributed by atoms with Crippen molar-refractivity contribution in [2.45, 2.75) is 44.8 Å². The van der Waals surface area contributed by atoms with Gasteiger partial charge in [0.15, 0.2) is 0 Å². The second-order valence-electron chi connectivity index (χ2n) is 8.72. The Morgan fingerprint density at radius 2 is 1.93 bits per heavy atom. The van der Waals surface area contributed by atoms with Gasteiger partial charge in [0.1, 0.15) is 13.4 Å². The van der Waals surface area contributed by atoms with Crippen molar-refractivity contribution in [3.63, 3.8) is 0 Å². The Morgan fingerprint density at radius 3 is 2.61 bits per heavy atom. The number of nitrogens with zero attached hydrogens (tertiary/aromatic N) is 3. The molecule has 0 unspecified atom stereocenters. The number of ether oxygens (including phenoxy) is 1. The first-order valence-electron chi connectivity index (χ1n) is 9.63. The van der Waals surface area contributed by atoms with Crippen molar-refractivity contribution < 1.29 is 14.3 Å². The maximum Gasteiger partial charge on any atom is 0.410 e. The molecule has 1 aliphatic heterocycles. The highest BCUT2D eigenvalue weighted by Crippen LogP contribution is 2.45. The molecule has 1 saturated carbocycles. The third-order valence-corrected chi connectivity index (χ3v) is 5.38. The van der Waals surface area contributed by atoms with E-state index in [-0.39, 0.29) is 17.5 Å². The van der Waals surface area contributed by atoms with Gasteiger partial charge in [0.2, 0.25) is 0 Å². The van der Waals surface area contributed by atoms with Gasteiger partial charge >= 0.3 is 6.09 Å². The lowest BCUT2D eigenvalue weighted by Crippen LogP contribution is -2.59. The summed E-state index contributed by atoms with van der Waals surface area (Å²) < 4.78 is 5.57. The fourth-order valence-electron chi connectivity index (χ4n) is 3.85. The van der Waals surface area contributed by atoms with Crippen molar-refractivity contribution in [3.8, 4) is 0 Å². The summed E-state index contributed by atoms with van der Waals surface area (Å²) in [6, 6.07) is 7.13. The topological polar surface area (TPSA) is 62.7 Å². The van der Waals surface area contributed by atoms with E-state index in [1.807, 2.05) is 36.6 Å². The number of hydrogen-bond acceptors (Lipinski definition) is 4. The van der Waals surface area contributed by atoms with Crippen LogP contribution in [0.5, 0.6) is 0 Å². The van der Waals surface area contributed by atoms with E-state index in [0.29, 0.717) is 30.7 Å². The molecule has 7 heteroatoms. The summed E-state index contributed by atoms with van der Waals surface area (Å²) in [5, 5.41) is 0.756. The number of pyridine rings is 1. The molecule has 1 aliphatic carbocycles. The highest BCUT2D eigenvalue weighted by atomic mass is 16.6. The van der Waals surface area contributed by atoms with E-state index in [2.05, 4.69) is 4.98 Å². The number of piperazine rings is 1. The van der Waals surface area contributed by atoms with Crippen LogP contribution in [0.25, 0.3) is 10.9 Å². The van der Waals surface area contributed by atoms with Crippen LogP contribution in [0.3, 0.4) is 0 Å². The van der Waals surface area contributed by atoms with Crippen LogP contribution >= 0.6 is 0 Å². The van der Waals surface area contributed by atoms with Crippen molar-refractivity contribution in [2.75, 3.05) is 19.6 Å². The third kappa shape index (κ3) is 3.45. The van der Waals surface area contributed by atoms with E-state index in [4.69, 9.17) is 12.6 Å². The largest absolute Gasteiger partial charge is 0.444 e. The first kappa shape index (κ1) is 18.8. The van der Waals surface area contributed by atoms with Crippen molar-refractivity contribution in [1.29, 1.82) is 0 Å². The molecule has 0 bridgehead atoms. The molecule has 2 radical (unpaired) electrons. The summed E-state index contributed by atoms with van der Waals surface area (Å²) in [4.78, 5) is 33.8. The van der Waals surface area contributed by atoms with Gasteiger partial charge in [0.25, 0.3) is 5.91 Å². The van der Waals surface area contributed by atoms with Gasteiger partial charge < -0.3 is 9.64 Å². The van der Waals surface area contributed by atoms with Gasteiger partial charge in [-0.25, -0.2) is 4.79 Å². The Balaban J connectivity index is 1.56. The van der Waals surface area contributed by atoms with Crippen molar-refractivity contribution in [2.24, 2.45) is 0 Å². The van der Waals surface area contributed by atoms with E-state index < -0.39 is 5.60 Å². The van der Waals surface area contributed by atoms with Gasteiger partial charge in [-0.15, -0.1) is 0 Å². The molecule has 2 heterocycles. The molecule has 0 atom stereocenters. The SMILES string of the molecule is [B]c1ccc2nccc(C(=O)N3CCN(C(=O)OC(C)(C)C)C4(CC4)C3)c2c1. The molecule has 2 amide bonds. The van der Waals surface area contributed by atoms with Crippen LogP contribution in [0, 0.1) is 0 Å². The fraction of sp³-hybridized carbons (Fsp3) is 0.476. The Kier molecular flexibility index (Phi) is 4.36.